The van der Waals surface area contributed by atoms with Gasteiger partial charge in [-0.1, -0.05) is 106 Å². The minimum atomic E-state index is -0.0429. The number of para-hydroxylation sites is 1. The van der Waals surface area contributed by atoms with Crippen molar-refractivity contribution < 1.29 is 0 Å². The summed E-state index contributed by atoms with van der Waals surface area (Å²) in [6.07, 6.45) is 5.77. The molecule has 0 bridgehead atoms. The molecule has 8 aromatic rings. The molecule has 2 aromatic heterocycles. The van der Waals surface area contributed by atoms with Gasteiger partial charge in [0.25, 0.3) is 0 Å². The minimum absolute atomic E-state index is 0.0429. The average Bonchev–Trinajstić information content (AvgIpc) is 3.73. The van der Waals surface area contributed by atoms with Gasteiger partial charge in [0.2, 0.25) is 0 Å². The highest BCUT2D eigenvalue weighted by Crippen LogP contribution is 2.50. The van der Waals surface area contributed by atoms with Crippen molar-refractivity contribution in [2.24, 2.45) is 5.92 Å². The monoisotopic (exact) mass is 648 g/mol. The predicted octanol–water partition coefficient (Wildman–Crippen LogP) is 12.9. The Morgan fingerprint density at radius 3 is 2.37 bits per heavy atom. The fraction of sp³-hybridized carbons (Fsp3) is 0.130. The van der Waals surface area contributed by atoms with E-state index >= 15 is 0 Å². The Hall–Kier alpha value is -5.38. The van der Waals surface area contributed by atoms with Crippen LogP contribution in [0.3, 0.4) is 0 Å². The van der Waals surface area contributed by atoms with E-state index in [-0.39, 0.29) is 5.41 Å². The van der Waals surface area contributed by atoms with Gasteiger partial charge in [-0.2, -0.15) is 0 Å². The number of nitrogens with zero attached hydrogens (tertiary/aromatic N) is 1. The summed E-state index contributed by atoms with van der Waals surface area (Å²) in [4.78, 5) is 0. The summed E-state index contributed by atoms with van der Waals surface area (Å²) in [7, 11) is 0. The van der Waals surface area contributed by atoms with Crippen molar-refractivity contribution in [1.82, 2.24) is 4.57 Å². The fourth-order valence-electron chi connectivity index (χ4n) is 8.47. The molecule has 236 valence electrons. The number of thiophene rings is 1. The number of benzene rings is 6. The molecular formula is C46H36N2S. The quantitative estimate of drug-likeness (QED) is 0.201. The van der Waals surface area contributed by atoms with E-state index in [0.717, 1.165) is 17.8 Å². The van der Waals surface area contributed by atoms with E-state index < -0.39 is 0 Å². The van der Waals surface area contributed by atoms with E-state index in [1.807, 2.05) is 11.3 Å². The second-order valence-corrected chi connectivity index (χ2v) is 15.4. The summed E-state index contributed by atoms with van der Waals surface area (Å²) >= 11 is 1.88. The molecule has 0 fully saturated rings. The molecule has 1 unspecified atom stereocenters. The summed E-state index contributed by atoms with van der Waals surface area (Å²) < 4.78 is 5.18. The van der Waals surface area contributed by atoms with Gasteiger partial charge < -0.3 is 9.88 Å². The molecule has 2 aliphatic carbocycles. The van der Waals surface area contributed by atoms with E-state index in [1.165, 1.54) is 81.4 Å². The zero-order valence-corrected chi connectivity index (χ0v) is 28.7. The lowest BCUT2D eigenvalue weighted by Gasteiger charge is -2.23. The smallest absolute Gasteiger partial charge is 0.0538 e. The van der Waals surface area contributed by atoms with E-state index in [0.29, 0.717) is 5.92 Å². The van der Waals surface area contributed by atoms with Gasteiger partial charge in [0.1, 0.15) is 0 Å². The third-order valence-corrected chi connectivity index (χ3v) is 12.1. The van der Waals surface area contributed by atoms with Gasteiger partial charge in [-0.05, 0) is 94.8 Å². The van der Waals surface area contributed by atoms with Crippen LogP contribution in [0, 0.1) is 5.92 Å². The molecule has 0 spiro atoms. The Morgan fingerprint density at radius 1 is 0.673 bits per heavy atom. The lowest BCUT2D eigenvalue weighted by atomic mass is 9.82. The summed E-state index contributed by atoms with van der Waals surface area (Å²) in [5.41, 5.74) is 15.4. The lowest BCUT2D eigenvalue weighted by Crippen LogP contribution is -2.15. The van der Waals surface area contributed by atoms with Crippen LogP contribution in [0.25, 0.3) is 65.1 Å². The molecular weight excluding hydrogens is 613 g/mol. The number of aromatic nitrogens is 1. The molecule has 0 aliphatic heterocycles. The molecule has 6 aromatic carbocycles. The first-order chi connectivity index (χ1) is 23.9. The molecule has 2 aliphatic rings. The van der Waals surface area contributed by atoms with Crippen LogP contribution in [0.4, 0.5) is 11.4 Å². The summed E-state index contributed by atoms with van der Waals surface area (Å²) in [6.45, 7) is 7.07. The van der Waals surface area contributed by atoms with Crippen LogP contribution in [-0.4, -0.2) is 4.57 Å². The molecule has 0 saturated carbocycles. The fourth-order valence-corrected chi connectivity index (χ4v) is 9.60. The van der Waals surface area contributed by atoms with E-state index in [9.17, 15) is 0 Å². The van der Waals surface area contributed by atoms with Gasteiger partial charge in [-0.15, -0.1) is 11.3 Å². The first-order valence-electron chi connectivity index (χ1n) is 17.3. The Morgan fingerprint density at radius 2 is 1.47 bits per heavy atom. The zero-order valence-electron chi connectivity index (χ0n) is 27.9. The minimum Gasteiger partial charge on any atom is -0.355 e. The van der Waals surface area contributed by atoms with Crippen LogP contribution in [0.2, 0.25) is 0 Å². The number of rotatable bonds is 4. The summed E-state index contributed by atoms with van der Waals surface area (Å²) in [5, 5.41) is 7.70. The van der Waals surface area contributed by atoms with Crippen molar-refractivity contribution >= 4 is 59.9 Å². The van der Waals surface area contributed by atoms with E-state index in [4.69, 9.17) is 0 Å². The van der Waals surface area contributed by atoms with Crippen molar-refractivity contribution in [2.75, 3.05) is 5.32 Å². The highest BCUT2D eigenvalue weighted by atomic mass is 32.1. The number of allylic oxidation sites excluding steroid dienone is 1. The first kappa shape index (κ1) is 28.6. The predicted molar refractivity (Wildman–Crippen MR) is 211 cm³/mol. The van der Waals surface area contributed by atoms with Gasteiger partial charge in [0.05, 0.1) is 5.52 Å². The molecule has 1 atom stereocenters. The second-order valence-electron chi connectivity index (χ2n) is 14.4. The second kappa shape index (κ2) is 10.6. The maximum absolute atomic E-state index is 3.79. The molecule has 49 heavy (non-hydrogen) atoms. The Kier molecular flexibility index (Phi) is 6.17. The normalized spacial score (nSPS) is 15.9. The largest absolute Gasteiger partial charge is 0.355 e. The topological polar surface area (TPSA) is 17.0 Å². The highest BCUT2D eigenvalue weighted by molar-refractivity contribution is 7.25. The zero-order chi connectivity index (χ0) is 32.9. The first-order valence-corrected chi connectivity index (χ1v) is 18.1. The van der Waals surface area contributed by atoms with Crippen LogP contribution in [0.1, 0.15) is 43.2 Å². The van der Waals surface area contributed by atoms with Crippen LogP contribution in [0.15, 0.2) is 133 Å². The Bertz CT molecular complexity index is 2650. The maximum atomic E-state index is 3.79. The molecule has 0 amide bonds. The SMILES string of the molecule is CC1C=Cc2c(n(-c3ccc4c(c3)C(C)(C)c3ccccc3-4)c3ccc(-c4cc5sc6ccccc6c5cc4Nc4ccccc4)cc23)C1. The molecule has 0 radical (unpaired) electrons. The third kappa shape index (κ3) is 4.32. The van der Waals surface area contributed by atoms with Crippen LogP contribution in [-0.2, 0) is 11.8 Å². The third-order valence-electron chi connectivity index (χ3n) is 10.9. The molecule has 2 nitrogen and oxygen atoms in total. The summed E-state index contributed by atoms with van der Waals surface area (Å²) in [6, 6.07) is 47.2. The molecule has 1 N–H and O–H groups in total. The van der Waals surface area contributed by atoms with Crippen molar-refractivity contribution in [3.63, 3.8) is 0 Å². The van der Waals surface area contributed by atoms with Crippen LogP contribution >= 0.6 is 11.3 Å². The highest BCUT2D eigenvalue weighted by Gasteiger charge is 2.35. The molecule has 0 saturated heterocycles. The van der Waals surface area contributed by atoms with Crippen molar-refractivity contribution in [3.8, 4) is 27.9 Å². The van der Waals surface area contributed by atoms with Gasteiger partial charge >= 0.3 is 0 Å². The van der Waals surface area contributed by atoms with Crippen LogP contribution < -0.4 is 5.32 Å². The molecule has 2 heterocycles. The van der Waals surface area contributed by atoms with E-state index in [2.05, 4.69) is 170 Å². The summed E-state index contributed by atoms with van der Waals surface area (Å²) in [5.74, 6) is 0.488. The Balaban J connectivity index is 1.17. The number of nitrogens with one attached hydrogen (secondary N) is 1. The van der Waals surface area contributed by atoms with Crippen LogP contribution in [0.5, 0.6) is 0 Å². The molecule has 10 rings (SSSR count). The van der Waals surface area contributed by atoms with Crippen molar-refractivity contribution in [2.45, 2.75) is 32.6 Å². The Labute approximate surface area is 291 Å². The standard InChI is InChI=1S/C46H36N2S/c1-28-17-20-34-37-24-29(36-27-45-38(35-14-8-10-16-44(35)49-45)26-41(36)47-30-11-5-4-6-12-30)18-22-42(37)48(43(34)23-28)31-19-21-33-32-13-7-9-15-39(32)46(2,3)40(33)25-31/h4-22,24-28,47H,23H2,1-3H3. The molecule has 3 heteroatoms. The van der Waals surface area contributed by atoms with Gasteiger partial charge in [-0.3, -0.25) is 0 Å². The number of hydrogen-bond donors (Lipinski definition) is 1. The number of anilines is 2. The number of fused-ring (bicyclic) bond motifs is 9. The van der Waals surface area contributed by atoms with Crippen molar-refractivity contribution in [3.05, 3.63) is 156 Å². The van der Waals surface area contributed by atoms with Gasteiger partial charge in [0.15, 0.2) is 0 Å². The van der Waals surface area contributed by atoms with Gasteiger partial charge in [-0.25, -0.2) is 0 Å². The van der Waals surface area contributed by atoms with Crippen molar-refractivity contribution in [1.29, 1.82) is 0 Å². The maximum Gasteiger partial charge on any atom is 0.0538 e. The number of hydrogen-bond acceptors (Lipinski definition) is 2. The van der Waals surface area contributed by atoms with E-state index in [1.54, 1.807) is 0 Å². The van der Waals surface area contributed by atoms with Gasteiger partial charge in [0, 0.05) is 64.9 Å². The lowest BCUT2D eigenvalue weighted by molar-refractivity contribution is 0.658. The average molecular weight is 649 g/mol.